The van der Waals surface area contributed by atoms with E-state index in [1.54, 1.807) is 84.9 Å². The number of fused-ring (bicyclic) bond motifs is 2. The first kappa shape index (κ1) is 39.7. The second kappa shape index (κ2) is 18.5. The van der Waals surface area contributed by atoms with E-state index in [2.05, 4.69) is 51.0 Å². The smallest absolute Gasteiger partial charge is 0.323 e. The molecule has 6 aromatic rings. The number of rotatable bonds is 15. The number of azo groups is 2. The third-order valence-electron chi connectivity index (χ3n) is 7.72. The fraction of sp³-hybridized carbons (Fsp3) is 0.211. The van der Waals surface area contributed by atoms with E-state index >= 15 is 0 Å². The Morgan fingerprint density at radius 1 is 0.571 bits per heavy atom. The number of ketones is 2. The van der Waals surface area contributed by atoms with Crippen LogP contribution in [0.15, 0.2) is 115 Å². The zero-order valence-electron chi connectivity index (χ0n) is 30.7. The van der Waals surface area contributed by atoms with Crippen LogP contribution in [0.25, 0.3) is 22.1 Å². The molecule has 2 heterocycles. The fourth-order valence-electron chi connectivity index (χ4n) is 5.15. The van der Waals surface area contributed by atoms with E-state index in [4.69, 9.17) is 9.47 Å². The lowest BCUT2D eigenvalue weighted by Gasteiger charge is -2.12. The Morgan fingerprint density at radius 2 is 0.946 bits per heavy atom. The largest absolute Gasteiger partial charge is 0.488 e. The van der Waals surface area contributed by atoms with Crippen LogP contribution >= 0.6 is 0 Å². The lowest BCUT2D eigenvalue weighted by Crippen LogP contribution is -2.31. The maximum Gasteiger partial charge on any atom is 0.323 e. The van der Waals surface area contributed by atoms with Gasteiger partial charge < -0.3 is 40.0 Å². The van der Waals surface area contributed by atoms with Gasteiger partial charge in [0.05, 0.1) is 22.1 Å². The summed E-state index contributed by atoms with van der Waals surface area (Å²) in [5.74, 6) is -1.90. The molecule has 0 fully saturated rings. The molecule has 2 unspecified atom stereocenters. The second-order valence-electron chi connectivity index (χ2n) is 11.7. The van der Waals surface area contributed by atoms with Gasteiger partial charge >= 0.3 is 11.4 Å². The number of ether oxygens (including phenoxy) is 2. The van der Waals surface area contributed by atoms with E-state index in [0.717, 1.165) is 0 Å². The van der Waals surface area contributed by atoms with Crippen molar-refractivity contribution in [3.63, 3.8) is 0 Å². The number of hydrogen-bond donors (Lipinski definition) is 6. The Morgan fingerprint density at radius 3 is 1.34 bits per heavy atom. The number of aromatic amines is 4. The molecule has 0 spiro atoms. The summed E-state index contributed by atoms with van der Waals surface area (Å²) in [6.45, 7) is 6.51. The molecule has 18 nitrogen and oxygen atoms in total. The Bertz CT molecular complexity index is 2370. The number of anilines is 2. The van der Waals surface area contributed by atoms with Crippen molar-refractivity contribution >= 4 is 68.2 Å². The SMILES string of the molecule is CC.CC(=O)C(N=Nc1ccccc1OCCOc1ccccc1N=NC(C(C)=O)C(=O)Nc1ccc2[nH]c(=O)[nH]c2c1)C(=O)Nc1ccc2[nH]c(=O)[nH]c2c1. The van der Waals surface area contributed by atoms with E-state index in [1.807, 2.05) is 13.8 Å². The van der Waals surface area contributed by atoms with Crippen LogP contribution in [0.4, 0.5) is 22.7 Å². The summed E-state index contributed by atoms with van der Waals surface area (Å²) in [4.78, 5) is 84.2. The Kier molecular flexibility index (Phi) is 13.1. The summed E-state index contributed by atoms with van der Waals surface area (Å²) in [5.41, 5.74) is 2.50. The highest BCUT2D eigenvalue weighted by Gasteiger charge is 2.25. The molecule has 0 aliphatic carbocycles. The normalized spacial score (nSPS) is 12.2. The Hall–Kier alpha value is -7.50. The van der Waals surface area contributed by atoms with E-state index in [0.29, 0.717) is 44.9 Å². The number of carbonyl (C=O) groups excluding carboxylic acids is 4. The van der Waals surface area contributed by atoms with Crippen LogP contribution < -0.4 is 31.5 Å². The minimum absolute atomic E-state index is 0.0353. The van der Waals surface area contributed by atoms with Crippen LogP contribution in [0.2, 0.25) is 0 Å². The van der Waals surface area contributed by atoms with Crippen molar-refractivity contribution in [3.05, 3.63) is 106 Å². The highest BCUT2D eigenvalue weighted by molar-refractivity contribution is 6.11. The van der Waals surface area contributed by atoms with Crippen LogP contribution in [-0.2, 0) is 19.2 Å². The maximum absolute atomic E-state index is 13.0. The van der Waals surface area contributed by atoms with Gasteiger partial charge in [0.25, 0.3) is 11.8 Å². The van der Waals surface area contributed by atoms with Crippen molar-refractivity contribution < 1.29 is 28.7 Å². The monoisotopic (exact) mass is 762 g/mol. The van der Waals surface area contributed by atoms with Crippen molar-refractivity contribution in [2.24, 2.45) is 20.5 Å². The molecule has 288 valence electrons. The third-order valence-corrected chi connectivity index (χ3v) is 7.72. The van der Waals surface area contributed by atoms with Gasteiger partial charge in [-0.05, 0) is 74.5 Å². The van der Waals surface area contributed by atoms with Crippen molar-refractivity contribution in [1.82, 2.24) is 19.9 Å². The summed E-state index contributed by atoms with van der Waals surface area (Å²) >= 11 is 0. The number of H-pyrrole nitrogens is 4. The highest BCUT2D eigenvalue weighted by Crippen LogP contribution is 2.30. The molecule has 0 aliphatic heterocycles. The van der Waals surface area contributed by atoms with Crippen LogP contribution in [0.1, 0.15) is 27.7 Å². The fourth-order valence-corrected chi connectivity index (χ4v) is 5.15. The van der Waals surface area contributed by atoms with Crippen molar-refractivity contribution in [1.29, 1.82) is 0 Å². The zero-order chi connectivity index (χ0) is 40.2. The van der Waals surface area contributed by atoms with Crippen molar-refractivity contribution in [2.75, 3.05) is 23.8 Å². The number of nitrogens with one attached hydrogen (secondary N) is 6. The molecule has 2 amide bonds. The predicted molar refractivity (Wildman–Crippen MR) is 208 cm³/mol. The number of Topliss-reactive ketones (excluding diaryl/α,β-unsaturated/α-hetero) is 2. The lowest BCUT2D eigenvalue weighted by molar-refractivity contribution is -0.127. The summed E-state index contributed by atoms with van der Waals surface area (Å²) in [6, 6.07) is 19.8. The summed E-state index contributed by atoms with van der Waals surface area (Å²) in [5, 5.41) is 21.5. The van der Waals surface area contributed by atoms with Crippen molar-refractivity contribution in [3.8, 4) is 11.5 Å². The predicted octanol–water partition coefficient (Wildman–Crippen LogP) is 5.87. The summed E-state index contributed by atoms with van der Waals surface area (Å²) in [7, 11) is 0. The molecule has 18 heteroatoms. The molecule has 0 saturated carbocycles. The van der Waals surface area contributed by atoms with Gasteiger partial charge in [-0.1, -0.05) is 38.1 Å². The lowest BCUT2D eigenvalue weighted by atomic mass is 10.2. The first-order valence-corrected chi connectivity index (χ1v) is 17.4. The third kappa shape index (κ3) is 10.1. The zero-order valence-corrected chi connectivity index (χ0v) is 30.7. The molecule has 0 saturated heterocycles. The van der Waals surface area contributed by atoms with Gasteiger partial charge in [-0.2, -0.15) is 20.5 Å². The number of hydrogen-bond acceptors (Lipinski definition) is 12. The van der Waals surface area contributed by atoms with E-state index in [1.165, 1.54) is 13.8 Å². The van der Waals surface area contributed by atoms with Gasteiger partial charge in [0.1, 0.15) is 36.1 Å². The number of amides is 2. The van der Waals surface area contributed by atoms with Crippen LogP contribution in [0.5, 0.6) is 11.5 Å². The number of aromatic nitrogens is 4. The Labute approximate surface area is 317 Å². The summed E-state index contributed by atoms with van der Waals surface area (Å²) < 4.78 is 11.7. The van der Waals surface area contributed by atoms with E-state index in [-0.39, 0.29) is 24.6 Å². The van der Waals surface area contributed by atoms with Crippen molar-refractivity contribution in [2.45, 2.75) is 39.8 Å². The second-order valence-corrected chi connectivity index (χ2v) is 11.7. The molecular weight excluding hydrogens is 724 g/mol. The van der Waals surface area contributed by atoms with Gasteiger partial charge in [-0.3, -0.25) is 19.2 Å². The average Bonchev–Trinajstić information content (AvgIpc) is 3.74. The minimum Gasteiger partial charge on any atom is -0.488 e. The molecule has 2 aromatic heterocycles. The molecule has 6 N–H and O–H groups in total. The first-order chi connectivity index (χ1) is 27.0. The molecule has 56 heavy (non-hydrogen) atoms. The first-order valence-electron chi connectivity index (χ1n) is 17.4. The average molecular weight is 763 g/mol. The standard InChI is InChI=1S/C36H32N10O8.C2H6/c1-19(47)31(33(49)37-21-11-13-23-27(17-21)41-35(51)39-23)45-43-25-7-3-5-9-29(25)53-15-16-54-30-10-6-4-8-26(30)44-46-32(20(2)48)34(50)38-22-12-14-24-28(18-22)42-36(52)40-24;1-2/h3-14,17-18,31-32H,15-16H2,1-2H3,(H,37,49)(H,38,50)(H2,39,41,51)(H2,40,42,52);1-2H3. The molecule has 6 rings (SSSR count). The van der Waals surface area contributed by atoms with Gasteiger partial charge in [-0.15, -0.1) is 0 Å². The number of carbonyl (C=O) groups is 4. The van der Waals surface area contributed by atoms with Gasteiger partial charge in [0.2, 0.25) is 12.1 Å². The van der Waals surface area contributed by atoms with Crippen LogP contribution in [0, 0.1) is 0 Å². The molecule has 2 atom stereocenters. The van der Waals surface area contributed by atoms with Gasteiger partial charge in [0.15, 0.2) is 11.6 Å². The molecular formula is C38H38N10O8. The number of para-hydroxylation sites is 2. The highest BCUT2D eigenvalue weighted by atomic mass is 16.5. The number of nitrogens with zero attached hydrogens (tertiary/aromatic N) is 4. The molecule has 0 bridgehead atoms. The van der Waals surface area contributed by atoms with Gasteiger partial charge in [-0.25, -0.2) is 9.59 Å². The van der Waals surface area contributed by atoms with Crippen LogP contribution in [-0.4, -0.2) is 68.6 Å². The van der Waals surface area contributed by atoms with E-state index < -0.39 is 46.8 Å². The molecule has 0 radical (unpaired) electrons. The topological polar surface area (TPSA) is 258 Å². The molecule has 0 aliphatic rings. The van der Waals surface area contributed by atoms with Crippen LogP contribution in [0.3, 0.4) is 0 Å². The van der Waals surface area contributed by atoms with E-state index in [9.17, 15) is 28.8 Å². The van der Waals surface area contributed by atoms with Gasteiger partial charge in [0, 0.05) is 11.4 Å². The quantitative estimate of drug-likeness (QED) is 0.0418. The Balaban J connectivity index is 0.00000295. The number of imidazole rings is 2. The molecule has 4 aromatic carbocycles. The summed E-state index contributed by atoms with van der Waals surface area (Å²) in [6.07, 6.45) is 0. The maximum atomic E-state index is 13.0. The number of benzene rings is 4. The minimum atomic E-state index is -1.46.